The molecule has 0 amide bonds. The lowest BCUT2D eigenvalue weighted by atomic mass is 10.0. The quantitative estimate of drug-likeness (QED) is 0.925. The van der Waals surface area contributed by atoms with Gasteiger partial charge in [-0.2, -0.15) is 0 Å². The summed E-state index contributed by atoms with van der Waals surface area (Å²) in [6.07, 6.45) is 0. The Balaban J connectivity index is 2.62. The van der Waals surface area contributed by atoms with Crippen molar-refractivity contribution in [2.45, 2.75) is 6.92 Å². The molecule has 1 N–H and O–H groups in total. The van der Waals surface area contributed by atoms with Crippen molar-refractivity contribution in [3.63, 3.8) is 0 Å². The van der Waals surface area contributed by atoms with E-state index in [9.17, 15) is 4.79 Å². The lowest BCUT2D eigenvalue weighted by Gasteiger charge is -2.10. The van der Waals surface area contributed by atoms with Crippen molar-refractivity contribution in [3.8, 4) is 17.0 Å². The molecule has 0 fully saturated rings. The molecule has 94 valence electrons. The molecule has 1 heterocycles. The molecule has 0 radical (unpaired) electrons. The molecule has 1 aromatic heterocycles. The van der Waals surface area contributed by atoms with Crippen LogP contribution in [0.2, 0.25) is 5.02 Å². The minimum atomic E-state index is -1.17. The van der Waals surface area contributed by atoms with E-state index in [0.717, 1.165) is 5.56 Å². The van der Waals surface area contributed by atoms with Gasteiger partial charge in [0.25, 0.3) is 0 Å². The number of aromatic nitrogens is 1. The van der Waals surface area contributed by atoms with Gasteiger partial charge < -0.3 is 14.4 Å². The second-order valence-electron chi connectivity index (χ2n) is 3.65. The van der Waals surface area contributed by atoms with Gasteiger partial charge in [-0.15, -0.1) is 0 Å². The van der Waals surface area contributed by atoms with E-state index in [1.165, 1.54) is 13.2 Å². The maximum Gasteiger partial charge on any atom is 0.374 e. The third-order valence-corrected chi connectivity index (χ3v) is 2.80. The number of rotatable bonds is 3. The molecule has 1 aromatic carbocycles. The first-order valence-corrected chi connectivity index (χ1v) is 5.46. The minimum Gasteiger partial charge on any atom is -0.494 e. The van der Waals surface area contributed by atoms with E-state index in [4.69, 9.17) is 26.0 Å². The van der Waals surface area contributed by atoms with Gasteiger partial charge in [0.05, 0.1) is 17.7 Å². The zero-order valence-corrected chi connectivity index (χ0v) is 10.5. The molecule has 6 heteroatoms. The van der Waals surface area contributed by atoms with Crippen LogP contribution in [0, 0.1) is 6.92 Å². The SMILES string of the molecule is COc1c(Cl)ccc(C)c1-c1cc(C(=O)O)on1. The van der Waals surface area contributed by atoms with E-state index in [1.807, 2.05) is 6.92 Å². The molecule has 2 aromatic rings. The number of hydrogen-bond donors (Lipinski definition) is 1. The Morgan fingerprint density at radius 3 is 2.78 bits per heavy atom. The molecule has 2 rings (SSSR count). The van der Waals surface area contributed by atoms with Gasteiger partial charge in [0, 0.05) is 6.07 Å². The average molecular weight is 268 g/mol. The summed E-state index contributed by atoms with van der Waals surface area (Å²) in [5, 5.41) is 13.0. The summed E-state index contributed by atoms with van der Waals surface area (Å²) in [6.45, 7) is 1.85. The average Bonchev–Trinajstić information content (AvgIpc) is 2.81. The van der Waals surface area contributed by atoms with Crippen LogP contribution in [-0.2, 0) is 0 Å². The highest BCUT2D eigenvalue weighted by Crippen LogP contribution is 2.38. The topological polar surface area (TPSA) is 72.6 Å². The van der Waals surface area contributed by atoms with Crippen LogP contribution in [0.25, 0.3) is 11.3 Å². The van der Waals surface area contributed by atoms with Crippen LogP contribution in [0.4, 0.5) is 0 Å². The predicted octanol–water partition coefficient (Wildman–Crippen LogP) is 3.01. The lowest BCUT2D eigenvalue weighted by Crippen LogP contribution is -1.93. The Bertz CT molecular complexity index is 606. The van der Waals surface area contributed by atoms with E-state index in [0.29, 0.717) is 22.0 Å². The number of carboxylic acid groups (broad SMARTS) is 1. The number of aryl methyl sites for hydroxylation is 1. The number of benzene rings is 1. The van der Waals surface area contributed by atoms with Crippen molar-refractivity contribution in [1.82, 2.24) is 5.16 Å². The van der Waals surface area contributed by atoms with Crippen molar-refractivity contribution in [3.05, 3.63) is 34.5 Å². The highest BCUT2D eigenvalue weighted by atomic mass is 35.5. The number of methoxy groups -OCH3 is 1. The second kappa shape index (κ2) is 4.70. The summed E-state index contributed by atoms with van der Waals surface area (Å²) in [5.74, 6) is -0.958. The van der Waals surface area contributed by atoms with Crippen molar-refractivity contribution in [2.75, 3.05) is 7.11 Å². The molecule has 0 bridgehead atoms. The van der Waals surface area contributed by atoms with Gasteiger partial charge in [-0.1, -0.05) is 22.8 Å². The number of carboxylic acids is 1. The maximum absolute atomic E-state index is 10.8. The Morgan fingerprint density at radius 1 is 1.50 bits per heavy atom. The van der Waals surface area contributed by atoms with E-state index in [-0.39, 0.29) is 5.76 Å². The van der Waals surface area contributed by atoms with Crippen LogP contribution in [0.5, 0.6) is 5.75 Å². The summed E-state index contributed by atoms with van der Waals surface area (Å²) in [6, 6.07) is 4.84. The Labute approximate surface area is 108 Å². The first-order valence-electron chi connectivity index (χ1n) is 5.08. The zero-order valence-electron chi connectivity index (χ0n) is 9.73. The monoisotopic (exact) mass is 267 g/mol. The van der Waals surface area contributed by atoms with E-state index in [1.54, 1.807) is 12.1 Å². The largest absolute Gasteiger partial charge is 0.494 e. The highest BCUT2D eigenvalue weighted by Gasteiger charge is 2.19. The van der Waals surface area contributed by atoms with Crippen molar-refractivity contribution < 1.29 is 19.2 Å². The number of halogens is 1. The molecule has 0 aliphatic carbocycles. The number of carbonyl (C=O) groups is 1. The van der Waals surface area contributed by atoms with Crippen LogP contribution in [-0.4, -0.2) is 23.3 Å². The van der Waals surface area contributed by atoms with Crippen LogP contribution >= 0.6 is 11.6 Å². The van der Waals surface area contributed by atoms with Gasteiger partial charge in [-0.3, -0.25) is 0 Å². The number of nitrogens with zero attached hydrogens (tertiary/aromatic N) is 1. The van der Waals surface area contributed by atoms with Crippen LogP contribution in [0.1, 0.15) is 16.1 Å². The maximum atomic E-state index is 10.8. The van der Waals surface area contributed by atoms with Crippen LogP contribution < -0.4 is 4.74 Å². The summed E-state index contributed by atoms with van der Waals surface area (Å²) < 4.78 is 9.95. The third-order valence-electron chi connectivity index (χ3n) is 2.50. The van der Waals surface area contributed by atoms with E-state index >= 15 is 0 Å². The Hall–Kier alpha value is -2.01. The minimum absolute atomic E-state index is 0.230. The smallest absolute Gasteiger partial charge is 0.374 e. The lowest BCUT2D eigenvalue weighted by molar-refractivity contribution is 0.0652. The van der Waals surface area contributed by atoms with Crippen molar-refractivity contribution in [1.29, 1.82) is 0 Å². The Kier molecular flexibility index (Phi) is 3.25. The number of hydrogen-bond acceptors (Lipinski definition) is 4. The van der Waals surface area contributed by atoms with E-state index in [2.05, 4.69) is 5.16 Å². The van der Waals surface area contributed by atoms with Gasteiger partial charge in [0.15, 0.2) is 0 Å². The van der Waals surface area contributed by atoms with Crippen molar-refractivity contribution >= 4 is 17.6 Å². The molecule has 0 aliphatic rings. The predicted molar refractivity (Wildman–Crippen MR) is 65.2 cm³/mol. The Morgan fingerprint density at radius 2 is 2.22 bits per heavy atom. The molecule has 0 aliphatic heterocycles. The van der Waals surface area contributed by atoms with Crippen molar-refractivity contribution in [2.24, 2.45) is 0 Å². The summed E-state index contributed by atoms with van der Waals surface area (Å²) in [7, 11) is 1.49. The molecule has 0 unspecified atom stereocenters. The third kappa shape index (κ3) is 2.04. The molecule has 18 heavy (non-hydrogen) atoms. The summed E-state index contributed by atoms with van der Waals surface area (Å²) in [5.41, 5.74) is 1.87. The fourth-order valence-corrected chi connectivity index (χ4v) is 1.90. The molecule has 0 saturated carbocycles. The van der Waals surface area contributed by atoms with Gasteiger partial charge in [-0.05, 0) is 18.6 Å². The van der Waals surface area contributed by atoms with Crippen LogP contribution in [0.3, 0.4) is 0 Å². The molecule has 0 saturated heterocycles. The van der Waals surface area contributed by atoms with Gasteiger partial charge in [-0.25, -0.2) is 4.79 Å². The number of aromatic carboxylic acids is 1. The molecule has 0 spiro atoms. The van der Waals surface area contributed by atoms with Gasteiger partial charge in [0.1, 0.15) is 11.4 Å². The second-order valence-corrected chi connectivity index (χ2v) is 4.06. The van der Waals surface area contributed by atoms with E-state index < -0.39 is 5.97 Å². The molecule has 0 atom stereocenters. The highest BCUT2D eigenvalue weighted by molar-refractivity contribution is 6.32. The summed E-state index contributed by atoms with van der Waals surface area (Å²) >= 11 is 6.02. The normalized spacial score (nSPS) is 10.4. The number of ether oxygens (including phenoxy) is 1. The molecular formula is C12H10ClNO4. The fourth-order valence-electron chi connectivity index (χ4n) is 1.67. The fraction of sp³-hybridized carbons (Fsp3) is 0.167. The molecular weight excluding hydrogens is 258 g/mol. The first kappa shape index (κ1) is 12.4. The molecule has 5 nitrogen and oxygen atoms in total. The standard InChI is InChI=1S/C12H10ClNO4/c1-6-3-4-7(13)11(17-2)10(6)8-5-9(12(15)16)18-14-8/h3-5H,1-2H3,(H,15,16). The first-order chi connectivity index (χ1) is 8.54. The van der Waals surface area contributed by atoms with Gasteiger partial charge >= 0.3 is 5.97 Å². The van der Waals surface area contributed by atoms with Crippen LogP contribution in [0.15, 0.2) is 22.7 Å². The zero-order chi connectivity index (χ0) is 13.3. The summed E-state index contributed by atoms with van der Waals surface area (Å²) in [4.78, 5) is 10.8. The van der Waals surface area contributed by atoms with Gasteiger partial charge in [0.2, 0.25) is 5.76 Å².